The number of hydrogen-bond donors (Lipinski definition) is 2. The topological polar surface area (TPSA) is 50.4 Å². The van der Waals surface area contributed by atoms with E-state index in [2.05, 4.69) is 26.6 Å². The molecule has 0 aliphatic carbocycles. The zero-order valence-corrected chi connectivity index (χ0v) is 10.5. The van der Waals surface area contributed by atoms with E-state index in [1.54, 1.807) is 7.11 Å². The number of methoxy groups -OCH3 is 1. The van der Waals surface area contributed by atoms with Crippen LogP contribution in [0.15, 0.2) is 22.7 Å². The number of carbonyl (C=O) groups excluding carboxylic acids is 1. The van der Waals surface area contributed by atoms with Crippen molar-refractivity contribution in [1.29, 1.82) is 0 Å². The minimum Gasteiger partial charge on any atom is -0.496 e. The first kappa shape index (κ1) is 11.4. The molecule has 1 amide bonds. The number of carbonyl (C=O) groups is 1. The fourth-order valence-electron chi connectivity index (χ4n) is 1.46. The smallest absolute Gasteiger partial charge is 0.230 e. The highest BCUT2D eigenvalue weighted by Crippen LogP contribution is 2.27. The number of anilines is 1. The summed E-state index contributed by atoms with van der Waals surface area (Å²) in [7, 11) is 1.61. The molecule has 1 saturated heterocycles. The van der Waals surface area contributed by atoms with Crippen molar-refractivity contribution in [2.24, 2.45) is 5.92 Å². The maximum absolute atomic E-state index is 11.7. The highest BCUT2D eigenvalue weighted by Gasteiger charge is 2.24. The number of halogens is 1. The van der Waals surface area contributed by atoms with Crippen molar-refractivity contribution in [3.05, 3.63) is 22.7 Å². The van der Waals surface area contributed by atoms with Gasteiger partial charge >= 0.3 is 0 Å². The number of benzene rings is 1. The van der Waals surface area contributed by atoms with E-state index in [-0.39, 0.29) is 11.8 Å². The minimum absolute atomic E-state index is 0.0656. The van der Waals surface area contributed by atoms with Gasteiger partial charge in [0.25, 0.3) is 0 Å². The molecular formula is C11H13BrN2O2. The van der Waals surface area contributed by atoms with Crippen molar-refractivity contribution in [1.82, 2.24) is 5.32 Å². The summed E-state index contributed by atoms with van der Waals surface area (Å²) in [5.41, 5.74) is 0.782. The van der Waals surface area contributed by atoms with E-state index in [1.165, 1.54) is 0 Å². The van der Waals surface area contributed by atoms with Crippen molar-refractivity contribution < 1.29 is 9.53 Å². The van der Waals surface area contributed by atoms with Crippen LogP contribution in [-0.4, -0.2) is 26.1 Å². The quantitative estimate of drug-likeness (QED) is 0.887. The van der Waals surface area contributed by atoms with Crippen LogP contribution in [0.5, 0.6) is 5.75 Å². The van der Waals surface area contributed by atoms with E-state index in [9.17, 15) is 4.79 Å². The lowest BCUT2D eigenvalue weighted by atomic mass is 10.0. The first-order valence-electron chi connectivity index (χ1n) is 5.06. The molecule has 0 saturated carbocycles. The average Bonchev–Trinajstić information content (AvgIpc) is 2.15. The van der Waals surface area contributed by atoms with Crippen LogP contribution in [0, 0.1) is 5.92 Å². The van der Waals surface area contributed by atoms with E-state index in [0.717, 1.165) is 29.0 Å². The van der Waals surface area contributed by atoms with Crippen LogP contribution in [0.4, 0.5) is 5.69 Å². The van der Waals surface area contributed by atoms with Crippen LogP contribution < -0.4 is 15.4 Å². The lowest BCUT2D eigenvalue weighted by Gasteiger charge is -2.25. The summed E-state index contributed by atoms with van der Waals surface area (Å²) in [5.74, 6) is 0.917. The van der Waals surface area contributed by atoms with Crippen LogP contribution in [0.1, 0.15) is 0 Å². The Balaban J connectivity index is 2.03. The van der Waals surface area contributed by atoms with Crippen molar-refractivity contribution in [3.8, 4) is 5.75 Å². The van der Waals surface area contributed by atoms with E-state index in [1.807, 2.05) is 18.2 Å². The molecule has 1 fully saturated rings. The first-order chi connectivity index (χ1) is 7.70. The molecule has 86 valence electrons. The van der Waals surface area contributed by atoms with Gasteiger partial charge in [0.15, 0.2) is 0 Å². The molecule has 0 radical (unpaired) electrons. The summed E-state index contributed by atoms with van der Waals surface area (Å²) >= 11 is 3.38. The van der Waals surface area contributed by atoms with E-state index >= 15 is 0 Å². The van der Waals surface area contributed by atoms with Gasteiger partial charge in [-0.3, -0.25) is 4.79 Å². The maximum Gasteiger partial charge on any atom is 0.230 e. The molecule has 0 spiro atoms. The Morgan fingerprint density at radius 1 is 1.56 bits per heavy atom. The van der Waals surface area contributed by atoms with Crippen molar-refractivity contribution in [2.45, 2.75) is 0 Å². The van der Waals surface area contributed by atoms with Gasteiger partial charge in [-0.05, 0) is 34.1 Å². The standard InChI is InChI=1S/C11H13BrN2O2/c1-16-10-3-2-8(4-9(10)12)14-11(15)7-5-13-6-7/h2-4,7,13H,5-6H2,1H3,(H,14,15). The van der Waals surface area contributed by atoms with Crippen LogP contribution in [0.3, 0.4) is 0 Å². The SMILES string of the molecule is COc1ccc(NC(=O)C2CNC2)cc1Br. The fraction of sp³-hybridized carbons (Fsp3) is 0.364. The fourth-order valence-corrected chi connectivity index (χ4v) is 2.00. The Bertz CT molecular complexity index is 405. The number of ether oxygens (including phenoxy) is 1. The molecule has 2 N–H and O–H groups in total. The molecule has 0 unspecified atom stereocenters. The molecule has 4 nitrogen and oxygen atoms in total. The second-order valence-electron chi connectivity index (χ2n) is 3.69. The van der Waals surface area contributed by atoms with E-state index in [0.29, 0.717) is 0 Å². The Kier molecular flexibility index (Phi) is 3.46. The molecule has 1 heterocycles. The van der Waals surface area contributed by atoms with Crippen LogP contribution in [0.2, 0.25) is 0 Å². The Labute approximate surface area is 102 Å². The number of rotatable bonds is 3. The molecule has 2 rings (SSSR count). The molecule has 0 aromatic heterocycles. The molecule has 0 atom stereocenters. The molecule has 1 aromatic rings. The van der Waals surface area contributed by atoms with Crippen LogP contribution in [-0.2, 0) is 4.79 Å². The summed E-state index contributed by atoms with van der Waals surface area (Å²) in [5, 5.41) is 5.94. The Morgan fingerprint density at radius 2 is 2.31 bits per heavy atom. The zero-order valence-electron chi connectivity index (χ0n) is 8.92. The third-order valence-electron chi connectivity index (χ3n) is 2.57. The Morgan fingerprint density at radius 3 is 2.81 bits per heavy atom. The second kappa shape index (κ2) is 4.84. The third kappa shape index (κ3) is 2.36. The van der Waals surface area contributed by atoms with Gasteiger partial charge in [0.2, 0.25) is 5.91 Å². The van der Waals surface area contributed by atoms with Gasteiger partial charge < -0.3 is 15.4 Å². The summed E-state index contributed by atoms with van der Waals surface area (Å²) in [6.45, 7) is 1.53. The lowest BCUT2D eigenvalue weighted by molar-refractivity contribution is -0.121. The number of nitrogens with one attached hydrogen (secondary N) is 2. The first-order valence-corrected chi connectivity index (χ1v) is 5.85. The predicted molar refractivity (Wildman–Crippen MR) is 65.7 cm³/mol. The van der Waals surface area contributed by atoms with E-state index in [4.69, 9.17) is 4.74 Å². The van der Waals surface area contributed by atoms with Gasteiger partial charge in [-0.25, -0.2) is 0 Å². The number of amides is 1. The molecule has 1 aliphatic heterocycles. The summed E-state index contributed by atoms with van der Waals surface area (Å²) in [6.07, 6.45) is 0. The molecule has 0 bridgehead atoms. The summed E-state index contributed by atoms with van der Waals surface area (Å²) < 4.78 is 5.95. The molecule has 1 aliphatic rings. The predicted octanol–water partition coefficient (Wildman–Crippen LogP) is 1.62. The van der Waals surface area contributed by atoms with Gasteiger partial charge in [0, 0.05) is 18.8 Å². The molecule has 16 heavy (non-hydrogen) atoms. The maximum atomic E-state index is 11.7. The molecule has 5 heteroatoms. The largest absolute Gasteiger partial charge is 0.496 e. The average molecular weight is 285 g/mol. The number of hydrogen-bond acceptors (Lipinski definition) is 3. The van der Waals surface area contributed by atoms with Crippen LogP contribution in [0.25, 0.3) is 0 Å². The molecule has 1 aromatic carbocycles. The summed E-state index contributed by atoms with van der Waals surface area (Å²) in [4.78, 5) is 11.7. The third-order valence-corrected chi connectivity index (χ3v) is 3.19. The lowest BCUT2D eigenvalue weighted by Crippen LogP contribution is -2.48. The van der Waals surface area contributed by atoms with Gasteiger partial charge in [0.05, 0.1) is 17.5 Å². The monoisotopic (exact) mass is 284 g/mol. The van der Waals surface area contributed by atoms with Gasteiger partial charge in [0.1, 0.15) is 5.75 Å². The van der Waals surface area contributed by atoms with Gasteiger partial charge in [-0.2, -0.15) is 0 Å². The van der Waals surface area contributed by atoms with E-state index < -0.39 is 0 Å². The normalized spacial score (nSPS) is 15.4. The van der Waals surface area contributed by atoms with Crippen molar-refractivity contribution >= 4 is 27.5 Å². The highest BCUT2D eigenvalue weighted by atomic mass is 79.9. The van der Waals surface area contributed by atoms with Crippen LogP contribution >= 0.6 is 15.9 Å². The summed E-state index contributed by atoms with van der Waals surface area (Å²) in [6, 6.07) is 5.48. The Hall–Kier alpha value is -1.07. The van der Waals surface area contributed by atoms with Crippen molar-refractivity contribution in [3.63, 3.8) is 0 Å². The van der Waals surface area contributed by atoms with Gasteiger partial charge in [-0.15, -0.1) is 0 Å². The van der Waals surface area contributed by atoms with Crippen molar-refractivity contribution in [2.75, 3.05) is 25.5 Å². The minimum atomic E-state index is 0.0656. The van der Waals surface area contributed by atoms with Gasteiger partial charge in [-0.1, -0.05) is 0 Å². The zero-order chi connectivity index (χ0) is 11.5. The molecular weight excluding hydrogens is 272 g/mol. The second-order valence-corrected chi connectivity index (χ2v) is 4.55. The highest BCUT2D eigenvalue weighted by molar-refractivity contribution is 9.10.